The van der Waals surface area contributed by atoms with Gasteiger partial charge in [-0.15, -0.1) is 0 Å². The van der Waals surface area contributed by atoms with Crippen LogP contribution in [0.5, 0.6) is 0 Å². The zero-order valence-corrected chi connectivity index (χ0v) is 12.0. The van der Waals surface area contributed by atoms with E-state index in [2.05, 4.69) is 47.1 Å². The van der Waals surface area contributed by atoms with E-state index in [1.807, 2.05) is 30.8 Å². The summed E-state index contributed by atoms with van der Waals surface area (Å²) in [6.07, 6.45) is 0. The molecule has 4 heteroatoms. The molecule has 1 heterocycles. The third kappa shape index (κ3) is 1.90. The summed E-state index contributed by atoms with van der Waals surface area (Å²) in [5.41, 5.74) is 11.5. The third-order valence-electron chi connectivity index (χ3n) is 3.53. The fraction of sp³-hybridized carbons (Fsp3) is 0.188. The van der Waals surface area contributed by atoms with E-state index in [9.17, 15) is 0 Å². The molecule has 0 aliphatic heterocycles. The number of fused-ring (bicyclic) bond motifs is 1. The number of aromatic nitrogens is 2. The predicted molar refractivity (Wildman–Crippen MR) is 84.5 cm³/mol. The van der Waals surface area contributed by atoms with E-state index in [0.29, 0.717) is 5.95 Å². The molecule has 0 atom stereocenters. The first-order valence-electron chi connectivity index (χ1n) is 6.59. The van der Waals surface area contributed by atoms with Crippen LogP contribution in [-0.2, 0) is 0 Å². The second-order valence-electron chi connectivity index (χ2n) is 5.16. The van der Waals surface area contributed by atoms with Gasteiger partial charge in [0.1, 0.15) is 0 Å². The Balaban J connectivity index is 2.21. The molecule has 0 unspecified atom stereocenters. The van der Waals surface area contributed by atoms with Crippen LogP contribution in [0.2, 0.25) is 0 Å². The molecule has 0 spiro atoms. The van der Waals surface area contributed by atoms with Gasteiger partial charge in [0.25, 0.3) is 0 Å². The molecule has 2 aromatic carbocycles. The van der Waals surface area contributed by atoms with Crippen molar-refractivity contribution in [3.8, 4) is 5.69 Å². The number of anilines is 2. The minimum Gasteiger partial charge on any atom is -0.378 e. The van der Waals surface area contributed by atoms with Gasteiger partial charge in [-0.1, -0.05) is 12.1 Å². The molecule has 0 saturated carbocycles. The lowest BCUT2D eigenvalue weighted by molar-refractivity contribution is 1.09. The van der Waals surface area contributed by atoms with Crippen LogP contribution in [0.15, 0.2) is 42.5 Å². The second kappa shape index (κ2) is 4.56. The maximum atomic E-state index is 6.09. The Kier molecular flexibility index (Phi) is 2.86. The number of rotatable bonds is 2. The number of nitrogen functional groups attached to an aromatic ring is 1. The van der Waals surface area contributed by atoms with Crippen LogP contribution >= 0.6 is 0 Å². The summed E-state index contributed by atoms with van der Waals surface area (Å²) >= 11 is 0. The smallest absolute Gasteiger partial charge is 0.205 e. The van der Waals surface area contributed by atoms with Gasteiger partial charge in [-0.05, 0) is 42.8 Å². The Bertz CT molecular complexity index is 754. The van der Waals surface area contributed by atoms with Gasteiger partial charge in [0.2, 0.25) is 5.95 Å². The molecule has 1 aromatic heterocycles. The first-order valence-corrected chi connectivity index (χ1v) is 6.59. The van der Waals surface area contributed by atoms with Crippen molar-refractivity contribution in [1.29, 1.82) is 0 Å². The van der Waals surface area contributed by atoms with Gasteiger partial charge < -0.3 is 10.6 Å². The Hall–Kier alpha value is -2.49. The van der Waals surface area contributed by atoms with Crippen LogP contribution in [-0.4, -0.2) is 23.6 Å². The number of nitrogens with two attached hydrogens (primary N) is 1. The SMILES string of the molecule is Cc1cccc2nc(N)n(-c3ccc(N(C)C)cc3)c12. The lowest BCUT2D eigenvalue weighted by atomic mass is 10.2. The van der Waals surface area contributed by atoms with Gasteiger partial charge in [0, 0.05) is 25.5 Å². The number of aryl methyl sites for hydroxylation is 1. The van der Waals surface area contributed by atoms with E-state index in [1.54, 1.807) is 0 Å². The van der Waals surface area contributed by atoms with Gasteiger partial charge >= 0.3 is 0 Å². The zero-order valence-electron chi connectivity index (χ0n) is 12.0. The van der Waals surface area contributed by atoms with Gasteiger partial charge in [0.15, 0.2) is 0 Å². The number of imidazole rings is 1. The van der Waals surface area contributed by atoms with Crippen LogP contribution < -0.4 is 10.6 Å². The molecule has 0 saturated heterocycles. The molecule has 20 heavy (non-hydrogen) atoms. The quantitative estimate of drug-likeness (QED) is 0.775. The van der Waals surface area contributed by atoms with Crippen LogP contribution in [0.25, 0.3) is 16.7 Å². The summed E-state index contributed by atoms with van der Waals surface area (Å²) in [6, 6.07) is 14.4. The van der Waals surface area contributed by atoms with Gasteiger partial charge in [-0.2, -0.15) is 0 Å². The fourth-order valence-electron chi connectivity index (χ4n) is 2.47. The average molecular weight is 266 g/mol. The first kappa shape index (κ1) is 12.5. The fourth-order valence-corrected chi connectivity index (χ4v) is 2.47. The highest BCUT2D eigenvalue weighted by Gasteiger charge is 2.11. The van der Waals surface area contributed by atoms with E-state index in [4.69, 9.17) is 5.73 Å². The number of nitrogens with zero attached hydrogens (tertiary/aromatic N) is 3. The molecule has 0 fully saturated rings. The van der Waals surface area contributed by atoms with Crippen LogP contribution in [0.1, 0.15) is 5.56 Å². The van der Waals surface area contributed by atoms with Crippen molar-refractivity contribution in [2.75, 3.05) is 24.7 Å². The topological polar surface area (TPSA) is 47.1 Å². The summed E-state index contributed by atoms with van der Waals surface area (Å²) in [4.78, 5) is 6.51. The lowest BCUT2D eigenvalue weighted by Gasteiger charge is -2.14. The normalized spacial score (nSPS) is 10.9. The van der Waals surface area contributed by atoms with Crippen molar-refractivity contribution in [2.24, 2.45) is 0 Å². The highest BCUT2D eigenvalue weighted by Crippen LogP contribution is 2.26. The number of hydrogen-bond donors (Lipinski definition) is 1. The molecular weight excluding hydrogens is 248 g/mol. The predicted octanol–water partition coefficient (Wildman–Crippen LogP) is 2.98. The van der Waals surface area contributed by atoms with Gasteiger partial charge in [-0.3, -0.25) is 4.57 Å². The van der Waals surface area contributed by atoms with Gasteiger partial charge in [-0.25, -0.2) is 4.98 Å². The largest absolute Gasteiger partial charge is 0.378 e. The summed E-state index contributed by atoms with van der Waals surface area (Å²) in [7, 11) is 4.06. The van der Waals surface area contributed by atoms with Crippen LogP contribution in [0, 0.1) is 6.92 Å². The van der Waals surface area contributed by atoms with Crippen LogP contribution in [0.4, 0.5) is 11.6 Å². The molecule has 0 amide bonds. The van der Waals surface area contributed by atoms with Gasteiger partial charge in [0.05, 0.1) is 11.0 Å². The first-order chi connectivity index (χ1) is 9.58. The van der Waals surface area contributed by atoms with Crippen molar-refractivity contribution < 1.29 is 0 Å². The molecule has 3 rings (SSSR count). The van der Waals surface area contributed by atoms with Crippen molar-refractivity contribution in [2.45, 2.75) is 6.92 Å². The van der Waals surface area contributed by atoms with Crippen molar-refractivity contribution >= 4 is 22.7 Å². The highest BCUT2D eigenvalue weighted by molar-refractivity contribution is 5.84. The maximum Gasteiger partial charge on any atom is 0.205 e. The summed E-state index contributed by atoms with van der Waals surface area (Å²) in [5, 5.41) is 0. The van der Waals surface area contributed by atoms with Crippen molar-refractivity contribution in [1.82, 2.24) is 9.55 Å². The minimum absolute atomic E-state index is 0.520. The minimum atomic E-state index is 0.520. The van der Waals surface area contributed by atoms with E-state index in [-0.39, 0.29) is 0 Å². The Morgan fingerprint density at radius 3 is 2.40 bits per heavy atom. The Labute approximate surface area is 118 Å². The molecule has 3 aromatic rings. The summed E-state index contributed by atoms with van der Waals surface area (Å²) < 4.78 is 2.00. The number of benzene rings is 2. The molecule has 2 N–H and O–H groups in total. The standard InChI is InChI=1S/C16H18N4/c1-11-5-4-6-14-15(11)20(16(17)18-14)13-9-7-12(8-10-13)19(2)3/h4-10H,1-3H3,(H2,17,18). The zero-order chi connectivity index (χ0) is 14.3. The molecule has 102 valence electrons. The molecule has 0 bridgehead atoms. The number of para-hydroxylation sites is 1. The van der Waals surface area contributed by atoms with E-state index in [1.165, 1.54) is 5.56 Å². The van der Waals surface area contributed by atoms with Crippen molar-refractivity contribution in [3.05, 3.63) is 48.0 Å². The molecule has 0 radical (unpaired) electrons. The van der Waals surface area contributed by atoms with E-state index >= 15 is 0 Å². The second-order valence-corrected chi connectivity index (χ2v) is 5.16. The summed E-state index contributed by atoms with van der Waals surface area (Å²) in [5.74, 6) is 0.520. The highest BCUT2D eigenvalue weighted by atomic mass is 15.2. The molecule has 0 aliphatic rings. The lowest BCUT2D eigenvalue weighted by Crippen LogP contribution is -2.08. The molecular formula is C16H18N4. The van der Waals surface area contributed by atoms with Crippen molar-refractivity contribution in [3.63, 3.8) is 0 Å². The third-order valence-corrected chi connectivity index (χ3v) is 3.53. The Morgan fingerprint density at radius 1 is 1.05 bits per heavy atom. The van der Waals surface area contributed by atoms with E-state index < -0.39 is 0 Å². The number of hydrogen-bond acceptors (Lipinski definition) is 3. The summed E-state index contributed by atoms with van der Waals surface area (Å²) in [6.45, 7) is 2.08. The van der Waals surface area contributed by atoms with Crippen LogP contribution in [0.3, 0.4) is 0 Å². The molecule has 0 aliphatic carbocycles. The molecule has 4 nitrogen and oxygen atoms in total. The maximum absolute atomic E-state index is 6.09. The monoisotopic (exact) mass is 266 g/mol. The Morgan fingerprint density at radius 2 is 1.75 bits per heavy atom. The van der Waals surface area contributed by atoms with E-state index in [0.717, 1.165) is 22.4 Å². The average Bonchev–Trinajstić information content (AvgIpc) is 2.76.